The summed E-state index contributed by atoms with van der Waals surface area (Å²) in [4.78, 5) is 53.5. The van der Waals surface area contributed by atoms with Crippen LogP contribution in [-0.4, -0.2) is 31.1 Å². The predicted octanol–water partition coefficient (Wildman–Crippen LogP) is 1.57. The summed E-state index contributed by atoms with van der Waals surface area (Å²) in [5.41, 5.74) is -1.04. The number of urea groups is 1. The number of fused-ring (bicyclic) bond motifs is 1. The van der Waals surface area contributed by atoms with Crippen molar-refractivity contribution in [3.63, 3.8) is 0 Å². The zero-order valence-corrected chi connectivity index (χ0v) is 15.2. The molecule has 1 unspecified atom stereocenters. The molecule has 1 aliphatic heterocycles. The number of amides is 3. The number of nitro groups is 1. The molecule has 0 radical (unpaired) electrons. The number of aromatic nitrogens is 2. The highest BCUT2D eigenvalue weighted by molar-refractivity contribution is 6.07. The summed E-state index contributed by atoms with van der Waals surface area (Å²) >= 11 is 0. The fourth-order valence-corrected chi connectivity index (χ4v) is 3.31. The standard InChI is InChI=1S/C19H15N5O5/c1-19(12-5-4-6-14(9-12)24(28)29)17(26)23(18(27)21-19)11-13-10-16(25)22-8-3-2-7-15(22)20-13/h2-10H,11H2,1H3,(H,21,27). The molecule has 3 amide bonds. The van der Waals surface area contributed by atoms with Gasteiger partial charge in [0.15, 0.2) is 0 Å². The van der Waals surface area contributed by atoms with Gasteiger partial charge in [0, 0.05) is 24.4 Å². The van der Waals surface area contributed by atoms with Crippen LogP contribution in [0.4, 0.5) is 10.5 Å². The first-order chi connectivity index (χ1) is 13.8. The Morgan fingerprint density at radius 3 is 2.69 bits per heavy atom. The van der Waals surface area contributed by atoms with E-state index in [4.69, 9.17) is 0 Å². The molecule has 1 aromatic carbocycles. The SMILES string of the molecule is CC1(c2cccc([N+](=O)[O-])c2)NC(=O)N(Cc2cc(=O)n3ccccc3n2)C1=O. The van der Waals surface area contributed by atoms with Gasteiger partial charge in [0.2, 0.25) is 0 Å². The van der Waals surface area contributed by atoms with Gasteiger partial charge >= 0.3 is 6.03 Å². The van der Waals surface area contributed by atoms with E-state index in [1.807, 2.05) is 0 Å². The molecule has 3 aromatic rings. The molecule has 29 heavy (non-hydrogen) atoms. The fraction of sp³-hybridized carbons (Fsp3) is 0.158. The zero-order valence-electron chi connectivity index (χ0n) is 15.2. The Hall–Kier alpha value is -4.08. The average Bonchev–Trinajstić information content (AvgIpc) is 2.92. The molecule has 1 aliphatic rings. The molecular formula is C19H15N5O5. The molecule has 0 spiro atoms. The lowest BCUT2D eigenvalue weighted by atomic mass is 9.91. The number of hydrogen-bond donors (Lipinski definition) is 1. The second kappa shape index (κ2) is 6.51. The first kappa shape index (κ1) is 18.3. The molecule has 1 saturated heterocycles. The summed E-state index contributed by atoms with van der Waals surface area (Å²) in [6.07, 6.45) is 1.57. The summed E-state index contributed by atoms with van der Waals surface area (Å²) in [5, 5.41) is 13.6. The minimum Gasteiger partial charge on any atom is -0.319 e. The molecule has 4 rings (SSSR count). The van der Waals surface area contributed by atoms with E-state index in [0.29, 0.717) is 11.2 Å². The number of nitrogens with one attached hydrogen (secondary N) is 1. The van der Waals surface area contributed by atoms with Gasteiger partial charge in [-0.25, -0.2) is 9.78 Å². The maximum absolute atomic E-state index is 13.0. The lowest BCUT2D eigenvalue weighted by Gasteiger charge is -2.22. The summed E-state index contributed by atoms with van der Waals surface area (Å²) < 4.78 is 1.35. The monoisotopic (exact) mass is 393 g/mol. The molecule has 0 aliphatic carbocycles. The van der Waals surface area contributed by atoms with Gasteiger partial charge in [-0.15, -0.1) is 0 Å². The van der Waals surface area contributed by atoms with Crippen LogP contribution in [0.3, 0.4) is 0 Å². The molecule has 3 heterocycles. The van der Waals surface area contributed by atoms with Crippen LogP contribution >= 0.6 is 0 Å². The van der Waals surface area contributed by atoms with E-state index in [1.54, 1.807) is 24.4 Å². The van der Waals surface area contributed by atoms with Crippen molar-refractivity contribution in [3.05, 3.63) is 86.5 Å². The number of carbonyl (C=O) groups is 2. The highest BCUT2D eigenvalue weighted by atomic mass is 16.6. The van der Waals surface area contributed by atoms with Crippen LogP contribution < -0.4 is 10.9 Å². The van der Waals surface area contributed by atoms with E-state index in [1.165, 1.54) is 41.7 Å². The third-order valence-electron chi connectivity index (χ3n) is 4.85. The van der Waals surface area contributed by atoms with Crippen LogP contribution in [0.1, 0.15) is 18.2 Å². The number of pyridine rings is 1. The number of hydrogen-bond acceptors (Lipinski definition) is 6. The number of carbonyl (C=O) groups excluding carboxylic acids is 2. The molecule has 1 N–H and O–H groups in total. The van der Waals surface area contributed by atoms with Crippen molar-refractivity contribution < 1.29 is 14.5 Å². The highest BCUT2D eigenvalue weighted by Gasteiger charge is 2.49. The number of rotatable bonds is 4. The average molecular weight is 393 g/mol. The third-order valence-corrected chi connectivity index (χ3v) is 4.85. The summed E-state index contributed by atoms with van der Waals surface area (Å²) in [7, 11) is 0. The lowest BCUT2D eigenvalue weighted by Crippen LogP contribution is -2.40. The summed E-state index contributed by atoms with van der Waals surface area (Å²) in [6, 6.07) is 11.2. The van der Waals surface area contributed by atoms with Crippen molar-refractivity contribution in [1.29, 1.82) is 0 Å². The van der Waals surface area contributed by atoms with Crippen molar-refractivity contribution in [2.24, 2.45) is 0 Å². The van der Waals surface area contributed by atoms with E-state index in [-0.39, 0.29) is 23.5 Å². The molecule has 0 bridgehead atoms. The molecule has 2 aromatic heterocycles. The molecular weight excluding hydrogens is 378 g/mol. The molecule has 10 nitrogen and oxygen atoms in total. The van der Waals surface area contributed by atoms with Gasteiger partial charge in [0.05, 0.1) is 17.2 Å². The Bertz CT molecular complexity index is 1240. The Balaban J connectivity index is 1.68. The van der Waals surface area contributed by atoms with E-state index in [9.17, 15) is 24.5 Å². The smallest absolute Gasteiger partial charge is 0.319 e. The number of imide groups is 1. The topological polar surface area (TPSA) is 127 Å². The second-order valence-electron chi connectivity index (χ2n) is 6.77. The Kier molecular flexibility index (Phi) is 4.11. The van der Waals surface area contributed by atoms with E-state index >= 15 is 0 Å². The lowest BCUT2D eigenvalue weighted by molar-refractivity contribution is -0.385. The quantitative estimate of drug-likeness (QED) is 0.407. The Labute approximate surface area is 163 Å². The van der Waals surface area contributed by atoms with E-state index < -0.39 is 22.4 Å². The fourth-order valence-electron chi connectivity index (χ4n) is 3.31. The van der Waals surface area contributed by atoms with Crippen LogP contribution in [-0.2, 0) is 16.9 Å². The number of non-ortho nitro benzene ring substituents is 1. The van der Waals surface area contributed by atoms with Crippen molar-refractivity contribution in [3.8, 4) is 0 Å². The number of nitro benzene ring substituents is 1. The van der Waals surface area contributed by atoms with Crippen LogP contribution in [0.15, 0.2) is 59.5 Å². The second-order valence-corrected chi connectivity index (χ2v) is 6.77. The first-order valence-electron chi connectivity index (χ1n) is 8.66. The van der Waals surface area contributed by atoms with Crippen molar-refractivity contribution in [2.75, 3.05) is 0 Å². The third kappa shape index (κ3) is 3.00. The number of nitrogens with zero attached hydrogens (tertiary/aromatic N) is 4. The molecule has 146 valence electrons. The van der Waals surface area contributed by atoms with Crippen molar-refractivity contribution >= 4 is 23.3 Å². The maximum atomic E-state index is 13.0. The number of benzene rings is 1. The van der Waals surface area contributed by atoms with E-state index in [0.717, 1.165) is 4.90 Å². The molecule has 1 atom stereocenters. The molecule has 1 fully saturated rings. The van der Waals surface area contributed by atoms with Gasteiger partial charge in [-0.1, -0.05) is 18.2 Å². The summed E-state index contributed by atoms with van der Waals surface area (Å²) in [5.74, 6) is -0.585. The van der Waals surface area contributed by atoms with Crippen LogP contribution in [0.25, 0.3) is 5.65 Å². The van der Waals surface area contributed by atoms with Gasteiger partial charge < -0.3 is 5.32 Å². The largest absolute Gasteiger partial charge is 0.325 e. The Morgan fingerprint density at radius 1 is 1.14 bits per heavy atom. The maximum Gasteiger partial charge on any atom is 0.325 e. The van der Waals surface area contributed by atoms with E-state index in [2.05, 4.69) is 10.3 Å². The highest BCUT2D eigenvalue weighted by Crippen LogP contribution is 2.31. The van der Waals surface area contributed by atoms with Gasteiger partial charge in [-0.2, -0.15) is 0 Å². The van der Waals surface area contributed by atoms with Crippen molar-refractivity contribution in [1.82, 2.24) is 19.6 Å². The van der Waals surface area contributed by atoms with Crippen LogP contribution in [0.5, 0.6) is 0 Å². The minimum atomic E-state index is -1.46. The van der Waals surface area contributed by atoms with Gasteiger partial charge in [0.1, 0.15) is 11.2 Å². The normalized spacial score (nSPS) is 18.9. The van der Waals surface area contributed by atoms with Crippen LogP contribution in [0.2, 0.25) is 0 Å². The molecule has 0 saturated carbocycles. The zero-order chi connectivity index (χ0) is 20.8. The molecule has 10 heteroatoms. The van der Waals surface area contributed by atoms with Gasteiger partial charge in [-0.05, 0) is 24.6 Å². The van der Waals surface area contributed by atoms with Crippen molar-refractivity contribution in [2.45, 2.75) is 19.0 Å². The van der Waals surface area contributed by atoms with Crippen LogP contribution in [0, 0.1) is 10.1 Å². The minimum absolute atomic E-state index is 0.187. The first-order valence-corrected chi connectivity index (χ1v) is 8.66. The predicted molar refractivity (Wildman–Crippen MR) is 101 cm³/mol. The van der Waals surface area contributed by atoms with Gasteiger partial charge in [-0.3, -0.25) is 29.0 Å². The summed E-state index contributed by atoms with van der Waals surface area (Å²) in [6.45, 7) is 1.28. The van der Waals surface area contributed by atoms with Gasteiger partial charge in [0.25, 0.3) is 17.2 Å². The Morgan fingerprint density at radius 2 is 1.93 bits per heavy atom.